The molecule has 0 radical (unpaired) electrons. The van der Waals surface area contributed by atoms with Crippen molar-refractivity contribution in [3.63, 3.8) is 0 Å². The number of anilines is 1. The molecule has 0 amide bonds. The first kappa shape index (κ1) is 22.0. The van der Waals surface area contributed by atoms with Crippen LogP contribution in [0.3, 0.4) is 0 Å². The third-order valence-electron chi connectivity index (χ3n) is 7.41. The summed E-state index contributed by atoms with van der Waals surface area (Å²) in [5.74, 6) is 2.48. The quantitative estimate of drug-likeness (QED) is 0.478. The minimum absolute atomic E-state index is 0.302. The molecule has 2 heterocycles. The maximum absolute atomic E-state index is 6.27. The maximum atomic E-state index is 6.27. The fourth-order valence-corrected chi connectivity index (χ4v) is 5.70. The van der Waals surface area contributed by atoms with Crippen LogP contribution in [0.2, 0.25) is 0 Å². The van der Waals surface area contributed by atoms with Gasteiger partial charge in [-0.25, -0.2) is 0 Å². The Kier molecular flexibility index (Phi) is 6.41. The molecule has 0 spiro atoms. The van der Waals surface area contributed by atoms with Crippen molar-refractivity contribution in [1.29, 1.82) is 0 Å². The van der Waals surface area contributed by atoms with E-state index in [0.29, 0.717) is 18.4 Å². The molecule has 3 aromatic carbocycles. The minimum atomic E-state index is 0.302. The molecule has 0 aromatic heterocycles. The molecule has 5 rings (SSSR count). The van der Waals surface area contributed by atoms with Crippen LogP contribution < -0.4 is 9.64 Å². The Morgan fingerprint density at radius 1 is 0.879 bits per heavy atom. The highest BCUT2D eigenvalue weighted by Gasteiger charge is 2.33. The van der Waals surface area contributed by atoms with Crippen molar-refractivity contribution in [2.24, 2.45) is 5.92 Å². The van der Waals surface area contributed by atoms with Gasteiger partial charge in [-0.1, -0.05) is 54.6 Å². The van der Waals surface area contributed by atoms with Crippen LogP contribution in [0.1, 0.15) is 46.9 Å². The number of benzene rings is 3. The van der Waals surface area contributed by atoms with Gasteiger partial charge >= 0.3 is 0 Å². The van der Waals surface area contributed by atoms with E-state index in [-0.39, 0.29) is 0 Å². The van der Waals surface area contributed by atoms with Gasteiger partial charge in [-0.15, -0.1) is 0 Å². The first-order valence-electron chi connectivity index (χ1n) is 12.4. The Morgan fingerprint density at radius 2 is 1.61 bits per heavy atom. The third-order valence-corrected chi connectivity index (χ3v) is 7.41. The summed E-state index contributed by atoms with van der Waals surface area (Å²) >= 11 is 0. The normalized spacial score (nSPS) is 21.0. The summed E-state index contributed by atoms with van der Waals surface area (Å²) in [7, 11) is 4.37. The third kappa shape index (κ3) is 4.79. The lowest BCUT2D eigenvalue weighted by molar-refractivity contribution is 0.249. The zero-order valence-corrected chi connectivity index (χ0v) is 20.2. The van der Waals surface area contributed by atoms with Crippen molar-refractivity contribution < 1.29 is 4.74 Å². The van der Waals surface area contributed by atoms with Crippen LogP contribution in [0.15, 0.2) is 72.8 Å². The molecule has 33 heavy (non-hydrogen) atoms. The largest absolute Gasteiger partial charge is 0.493 e. The second-order valence-electron chi connectivity index (χ2n) is 10.1. The molecule has 2 aliphatic rings. The number of nitrogens with zero attached hydrogens (tertiary/aromatic N) is 2. The van der Waals surface area contributed by atoms with Gasteiger partial charge in [0, 0.05) is 42.7 Å². The van der Waals surface area contributed by atoms with Crippen LogP contribution >= 0.6 is 0 Å². The van der Waals surface area contributed by atoms with Gasteiger partial charge in [0.1, 0.15) is 5.75 Å². The first-order valence-corrected chi connectivity index (χ1v) is 12.4. The molecule has 0 N–H and O–H groups in total. The van der Waals surface area contributed by atoms with Crippen LogP contribution in [0.25, 0.3) is 0 Å². The van der Waals surface area contributed by atoms with Crippen LogP contribution in [0.4, 0.5) is 5.69 Å². The first-order chi connectivity index (χ1) is 16.1. The zero-order valence-electron chi connectivity index (χ0n) is 20.2. The number of aryl methyl sites for hydroxylation is 1. The van der Waals surface area contributed by atoms with E-state index in [9.17, 15) is 0 Å². The zero-order chi connectivity index (χ0) is 22.8. The maximum Gasteiger partial charge on any atom is 0.123 e. The van der Waals surface area contributed by atoms with E-state index in [4.69, 9.17) is 4.74 Å². The molecule has 3 heteroatoms. The Balaban J connectivity index is 1.40. The number of fused-ring (bicyclic) bond motifs is 1. The standard InChI is InChI=1S/C30H36N2O/c1-22-9-14-27-29(19-22)33-21-28(24-7-5-4-6-8-24)30(27)25-10-12-26(13-11-25)32-17-15-23(16-18-32)20-31(2)3/h4-14,19,23,28,30H,15-18,20-21H2,1-3H3/t28-,30-/m1/s1. The van der Waals surface area contributed by atoms with Crippen LogP contribution in [0, 0.1) is 12.8 Å². The lowest BCUT2D eigenvalue weighted by Crippen LogP contribution is -2.37. The smallest absolute Gasteiger partial charge is 0.123 e. The second kappa shape index (κ2) is 9.61. The molecule has 1 saturated heterocycles. The number of rotatable bonds is 5. The summed E-state index contributed by atoms with van der Waals surface area (Å²) in [4.78, 5) is 4.89. The molecule has 0 aliphatic carbocycles. The molecule has 172 valence electrons. The Bertz CT molecular complexity index is 1050. The predicted octanol–water partition coefficient (Wildman–Crippen LogP) is 6.08. The summed E-state index contributed by atoms with van der Waals surface area (Å²) < 4.78 is 6.27. The van der Waals surface area contributed by atoms with E-state index < -0.39 is 0 Å². The van der Waals surface area contributed by atoms with Gasteiger partial charge in [0.25, 0.3) is 0 Å². The second-order valence-corrected chi connectivity index (χ2v) is 10.1. The molecule has 2 atom stereocenters. The molecule has 0 saturated carbocycles. The van der Waals surface area contributed by atoms with Gasteiger partial charge < -0.3 is 14.5 Å². The van der Waals surface area contributed by atoms with E-state index in [2.05, 4.69) is 104 Å². The average Bonchev–Trinajstić information content (AvgIpc) is 2.84. The SMILES string of the molecule is Cc1ccc2c(c1)OC[C@H](c1ccccc1)[C@@H]2c1ccc(N2CCC(CN(C)C)CC2)cc1. The van der Waals surface area contributed by atoms with E-state index in [0.717, 1.165) is 24.8 Å². The Labute approximate surface area is 199 Å². The fraction of sp³-hybridized carbons (Fsp3) is 0.400. The topological polar surface area (TPSA) is 15.7 Å². The summed E-state index contributed by atoms with van der Waals surface area (Å²) in [5.41, 5.74) is 6.63. The Hall–Kier alpha value is -2.78. The van der Waals surface area contributed by atoms with Gasteiger partial charge in [-0.05, 0) is 74.7 Å². The summed E-state index contributed by atoms with van der Waals surface area (Å²) in [5, 5.41) is 0. The van der Waals surface area contributed by atoms with E-state index >= 15 is 0 Å². The molecule has 0 unspecified atom stereocenters. The van der Waals surface area contributed by atoms with Gasteiger partial charge in [-0.3, -0.25) is 0 Å². The number of ether oxygens (including phenoxy) is 1. The van der Waals surface area contributed by atoms with E-state index in [1.54, 1.807) is 0 Å². The van der Waals surface area contributed by atoms with Crippen molar-refractivity contribution >= 4 is 5.69 Å². The summed E-state index contributed by atoms with van der Waals surface area (Å²) in [6.45, 7) is 6.37. The van der Waals surface area contributed by atoms with Gasteiger partial charge in [-0.2, -0.15) is 0 Å². The molecular weight excluding hydrogens is 404 g/mol. The molecule has 3 aromatic rings. The van der Waals surface area contributed by atoms with Gasteiger partial charge in [0.15, 0.2) is 0 Å². The molecule has 0 bridgehead atoms. The van der Waals surface area contributed by atoms with E-state index in [1.165, 1.54) is 47.3 Å². The molecular formula is C30H36N2O. The number of hydrogen-bond donors (Lipinski definition) is 0. The Morgan fingerprint density at radius 3 is 2.30 bits per heavy atom. The van der Waals surface area contributed by atoms with Crippen LogP contribution in [0.5, 0.6) is 5.75 Å². The molecule has 2 aliphatic heterocycles. The van der Waals surface area contributed by atoms with E-state index in [1.807, 2.05) is 0 Å². The minimum Gasteiger partial charge on any atom is -0.493 e. The van der Waals surface area contributed by atoms with Crippen molar-refractivity contribution in [3.8, 4) is 5.75 Å². The molecule has 3 nitrogen and oxygen atoms in total. The van der Waals surface area contributed by atoms with Crippen molar-refractivity contribution in [2.45, 2.75) is 31.6 Å². The lowest BCUT2D eigenvalue weighted by Gasteiger charge is -2.36. The average molecular weight is 441 g/mol. The van der Waals surface area contributed by atoms with Crippen LogP contribution in [-0.4, -0.2) is 45.2 Å². The van der Waals surface area contributed by atoms with Gasteiger partial charge in [0.05, 0.1) is 6.61 Å². The van der Waals surface area contributed by atoms with Crippen LogP contribution in [-0.2, 0) is 0 Å². The van der Waals surface area contributed by atoms with Crippen molar-refractivity contribution in [1.82, 2.24) is 4.90 Å². The summed E-state index contributed by atoms with van der Waals surface area (Å²) in [6.07, 6.45) is 2.56. The highest BCUT2D eigenvalue weighted by Crippen LogP contribution is 2.46. The number of piperidine rings is 1. The van der Waals surface area contributed by atoms with Crippen molar-refractivity contribution in [3.05, 3.63) is 95.1 Å². The lowest BCUT2D eigenvalue weighted by atomic mass is 9.75. The molecule has 1 fully saturated rings. The van der Waals surface area contributed by atoms with Crippen molar-refractivity contribution in [2.75, 3.05) is 45.2 Å². The van der Waals surface area contributed by atoms with Gasteiger partial charge in [0.2, 0.25) is 0 Å². The number of hydrogen-bond acceptors (Lipinski definition) is 3. The highest BCUT2D eigenvalue weighted by molar-refractivity contribution is 5.53. The highest BCUT2D eigenvalue weighted by atomic mass is 16.5. The monoisotopic (exact) mass is 440 g/mol. The summed E-state index contributed by atoms with van der Waals surface area (Å²) in [6, 6.07) is 26.9. The predicted molar refractivity (Wildman–Crippen MR) is 138 cm³/mol. The fourth-order valence-electron chi connectivity index (χ4n) is 5.70.